The van der Waals surface area contributed by atoms with E-state index in [4.69, 9.17) is 0 Å². The molecule has 0 bridgehead atoms. The molecule has 3 aromatic rings. The average molecular weight is 298 g/mol. The lowest BCUT2D eigenvalue weighted by Gasteiger charge is -2.20. The lowest BCUT2D eigenvalue weighted by molar-refractivity contribution is 0.0979. The van der Waals surface area contributed by atoms with Gasteiger partial charge >= 0.3 is 0 Å². The second-order valence-corrected chi connectivity index (χ2v) is 5.80. The monoisotopic (exact) mass is 298 g/mol. The number of carbonyl (C=O) groups excluding carboxylic acids is 2. The quantitative estimate of drug-likeness (QED) is 0.520. The summed E-state index contributed by atoms with van der Waals surface area (Å²) in [7, 11) is 0. The van der Waals surface area contributed by atoms with E-state index in [9.17, 15) is 9.59 Å². The van der Waals surface area contributed by atoms with Gasteiger partial charge in [0.05, 0.1) is 0 Å². The minimum Gasteiger partial charge on any atom is -0.289 e. The molecule has 3 aromatic carbocycles. The first kappa shape index (κ1) is 13.6. The Kier molecular flexibility index (Phi) is 2.98. The third-order valence-electron chi connectivity index (χ3n) is 4.28. The second kappa shape index (κ2) is 5.03. The standard InChI is InChI=1S/C21H14O2/c1-13-6-4-7-14(12-13)15-10-5-11-18-19(15)21(23)17-9-3-2-8-16(17)20(18)22/h2-12H,1H3. The summed E-state index contributed by atoms with van der Waals surface area (Å²) in [6, 6.07) is 20.5. The zero-order chi connectivity index (χ0) is 16.0. The molecule has 23 heavy (non-hydrogen) atoms. The van der Waals surface area contributed by atoms with Crippen LogP contribution in [0.4, 0.5) is 0 Å². The third kappa shape index (κ3) is 2.03. The van der Waals surface area contributed by atoms with E-state index in [0.717, 1.165) is 16.7 Å². The first-order valence-electron chi connectivity index (χ1n) is 7.55. The van der Waals surface area contributed by atoms with Gasteiger partial charge in [0.1, 0.15) is 0 Å². The Morgan fingerprint density at radius 2 is 1.22 bits per heavy atom. The number of ketones is 2. The highest BCUT2D eigenvalue weighted by Crippen LogP contribution is 2.34. The van der Waals surface area contributed by atoms with E-state index >= 15 is 0 Å². The number of aryl methyl sites for hydroxylation is 1. The molecule has 0 fully saturated rings. The van der Waals surface area contributed by atoms with Crippen LogP contribution in [0.2, 0.25) is 0 Å². The molecule has 0 amide bonds. The first-order valence-corrected chi connectivity index (χ1v) is 7.55. The fourth-order valence-corrected chi connectivity index (χ4v) is 3.20. The number of fused-ring (bicyclic) bond motifs is 2. The number of carbonyl (C=O) groups is 2. The van der Waals surface area contributed by atoms with Crippen molar-refractivity contribution < 1.29 is 9.59 Å². The van der Waals surface area contributed by atoms with Crippen LogP contribution in [0.15, 0.2) is 66.7 Å². The fourth-order valence-electron chi connectivity index (χ4n) is 3.20. The van der Waals surface area contributed by atoms with Gasteiger partial charge in [-0.15, -0.1) is 0 Å². The van der Waals surface area contributed by atoms with Crippen LogP contribution in [-0.4, -0.2) is 11.6 Å². The molecular weight excluding hydrogens is 284 g/mol. The van der Waals surface area contributed by atoms with E-state index in [2.05, 4.69) is 0 Å². The molecule has 1 aliphatic rings. The molecule has 4 rings (SSSR count). The minimum atomic E-state index is -0.0790. The van der Waals surface area contributed by atoms with E-state index in [1.165, 1.54) is 0 Å². The van der Waals surface area contributed by atoms with Crippen molar-refractivity contribution in [2.45, 2.75) is 6.92 Å². The van der Waals surface area contributed by atoms with E-state index in [0.29, 0.717) is 22.3 Å². The van der Waals surface area contributed by atoms with Gasteiger partial charge in [-0.3, -0.25) is 9.59 Å². The Balaban J connectivity index is 2.01. The van der Waals surface area contributed by atoms with Gasteiger partial charge in [0, 0.05) is 22.3 Å². The Morgan fingerprint density at radius 1 is 0.609 bits per heavy atom. The smallest absolute Gasteiger partial charge is 0.195 e. The van der Waals surface area contributed by atoms with Crippen LogP contribution in [0.3, 0.4) is 0 Å². The maximum absolute atomic E-state index is 13.0. The normalized spacial score (nSPS) is 12.7. The van der Waals surface area contributed by atoms with Crippen LogP contribution in [0.5, 0.6) is 0 Å². The Hall–Kier alpha value is -3.00. The zero-order valence-corrected chi connectivity index (χ0v) is 12.7. The molecular formula is C21H14O2. The summed E-state index contributed by atoms with van der Waals surface area (Å²) >= 11 is 0. The van der Waals surface area contributed by atoms with Gasteiger partial charge < -0.3 is 0 Å². The SMILES string of the molecule is Cc1cccc(-c2cccc3c2C(=O)c2ccccc2C3=O)c1. The van der Waals surface area contributed by atoms with Gasteiger partial charge in [0.25, 0.3) is 0 Å². The average Bonchev–Trinajstić information content (AvgIpc) is 2.59. The van der Waals surface area contributed by atoms with E-state index < -0.39 is 0 Å². The van der Waals surface area contributed by atoms with Crippen LogP contribution in [0.1, 0.15) is 37.4 Å². The van der Waals surface area contributed by atoms with E-state index in [-0.39, 0.29) is 11.6 Å². The first-order chi connectivity index (χ1) is 11.2. The fraction of sp³-hybridized carbons (Fsp3) is 0.0476. The van der Waals surface area contributed by atoms with E-state index in [1.54, 1.807) is 30.3 Å². The highest BCUT2D eigenvalue weighted by Gasteiger charge is 2.31. The van der Waals surface area contributed by atoms with Crippen LogP contribution in [-0.2, 0) is 0 Å². The van der Waals surface area contributed by atoms with Gasteiger partial charge in [-0.1, -0.05) is 72.3 Å². The van der Waals surface area contributed by atoms with Crippen molar-refractivity contribution in [1.29, 1.82) is 0 Å². The summed E-state index contributed by atoms with van der Waals surface area (Å²) in [4.78, 5) is 25.7. The van der Waals surface area contributed by atoms with Gasteiger partial charge in [-0.2, -0.15) is 0 Å². The predicted octanol–water partition coefficient (Wildman–Crippen LogP) is 4.44. The summed E-state index contributed by atoms with van der Waals surface area (Å²) in [6.07, 6.45) is 0. The largest absolute Gasteiger partial charge is 0.289 e. The molecule has 0 aliphatic heterocycles. The zero-order valence-electron chi connectivity index (χ0n) is 12.7. The van der Waals surface area contributed by atoms with Crippen molar-refractivity contribution in [1.82, 2.24) is 0 Å². The molecule has 0 aromatic heterocycles. The van der Waals surface area contributed by atoms with Gasteiger partial charge in [-0.25, -0.2) is 0 Å². The minimum absolute atomic E-state index is 0.0766. The molecule has 0 saturated carbocycles. The van der Waals surface area contributed by atoms with Crippen LogP contribution >= 0.6 is 0 Å². The molecule has 0 atom stereocenters. The predicted molar refractivity (Wildman–Crippen MR) is 89.9 cm³/mol. The molecule has 2 heteroatoms. The molecule has 0 N–H and O–H groups in total. The van der Waals surface area contributed by atoms with Crippen LogP contribution in [0.25, 0.3) is 11.1 Å². The van der Waals surface area contributed by atoms with Gasteiger partial charge in [-0.05, 0) is 18.1 Å². The maximum atomic E-state index is 13.0. The molecule has 0 unspecified atom stereocenters. The highest BCUT2D eigenvalue weighted by atomic mass is 16.1. The van der Waals surface area contributed by atoms with Crippen molar-refractivity contribution in [2.75, 3.05) is 0 Å². The summed E-state index contributed by atoms with van der Waals surface area (Å²) in [5, 5.41) is 0. The molecule has 0 heterocycles. The summed E-state index contributed by atoms with van der Waals surface area (Å²) < 4.78 is 0. The number of rotatable bonds is 1. The van der Waals surface area contributed by atoms with Crippen LogP contribution in [0, 0.1) is 6.92 Å². The van der Waals surface area contributed by atoms with E-state index in [1.807, 2.05) is 43.3 Å². The van der Waals surface area contributed by atoms with Crippen molar-refractivity contribution in [3.8, 4) is 11.1 Å². The lowest BCUT2D eigenvalue weighted by Crippen LogP contribution is -2.21. The maximum Gasteiger partial charge on any atom is 0.195 e. The second-order valence-electron chi connectivity index (χ2n) is 5.80. The molecule has 2 nitrogen and oxygen atoms in total. The molecule has 0 spiro atoms. The molecule has 0 saturated heterocycles. The Bertz CT molecular complexity index is 967. The molecule has 1 aliphatic carbocycles. The Labute approximate surface area is 134 Å². The van der Waals surface area contributed by atoms with Crippen molar-refractivity contribution >= 4 is 11.6 Å². The summed E-state index contributed by atoms with van der Waals surface area (Å²) in [5.41, 5.74) is 4.89. The topological polar surface area (TPSA) is 34.1 Å². The number of benzene rings is 3. The van der Waals surface area contributed by atoms with Gasteiger partial charge in [0.2, 0.25) is 0 Å². The Morgan fingerprint density at radius 3 is 1.96 bits per heavy atom. The van der Waals surface area contributed by atoms with Crippen molar-refractivity contribution in [3.63, 3.8) is 0 Å². The lowest BCUT2D eigenvalue weighted by atomic mass is 9.80. The number of hydrogen-bond acceptors (Lipinski definition) is 2. The number of hydrogen-bond donors (Lipinski definition) is 0. The summed E-state index contributed by atoms with van der Waals surface area (Å²) in [6.45, 7) is 2.02. The highest BCUT2D eigenvalue weighted by molar-refractivity contribution is 6.30. The van der Waals surface area contributed by atoms with Crippen molar-refractivity contribution in [2.24, 2.45) is 0 Å². The summed E-state index contributed by atoms with van der Waals surface area (Å²) in [5.74, 6) is -0.156. The molecule has 0 radical (unpaired) electrons. The molecule has 110 valence electrons. The van der Waals surface area contributed by atoms with Crippen molar-refractivity contribution in [3.05, 3.63) is 94.5 Å². The third-order valence-corrected chi connectivity index (χ3v) is 4.28. The van der Waals surface area contributed by atoms with Gasteiger partial charge in [0.15, 0.2) is 11.6 Å². The van der Waals surface area contributed by atoms with Crippen LogP contribution < -0.4 is 0 Å².